The molecule has 0 bridgehead atoms. The number of rotatable bonds is 4. The summed E-state index contributed by atoms with van der Waals surface area (Å²) in [6.45, 7) is 4.42. The molecule has 2 aliphatic heterocycles. The van der Waals surface area contributed by atoms with Crippen molar-refractivity contribution in [2.45, 2.75) is 51.7 Å². The van der Waals surface area contributed by atoms with Crippen LogP contribution in [-0.4, -0.2) is 47.1 Å². The maximum absolute atomic E-state index is 13.5. The number of benzene rings is 1. The highest BCUT2D eigenvalue weighted by molar-refractivity contribution is 6.00. The number of aliphatic hydroxyl groups is 1. The van der Waals surface area contributed by atoms with Crippen LogP contribution in [0.25, 0.3) is 0 Å². The maximum atomic E-state index is 13.5. The lowest BCUT2D eigenvalue weighted by Gasteiger charge is -2.28. The molecule has 0 radical (unpaired) electrons. The molecule has 2 amide bonds. The van der Waals surface area contributed by atoms with Gasteiger partial charge in [-0.2, -0.15) is 0 Å². The summed E-state index contributed by atoms with van der Waals surface area (Å²) in [6.07, 6.45) is 2.16. The Bertz CT molecular complexity index is 677. The summed E-state index contributed by atoms with van der Waals surface area (Å²) >= 11 is 0. The van der Waals surface area contributed by atoms with Gasteiger partial charge in [0.05, 0.1) is 12.0 Å². The average molecular weight is 348 g/mol. The fourth-order valence-electron chi connectivity index (χ4n) is 3.92. The van der Waals surface area contributed by atoms with E-state index >= 15 is 0 Å². The van der Waals surface area contributed by atoms with Crippen molar-refractivity contribution in [3.05, 3.63) is 29.6 Å². The lowest BCUT2D eigenvalue weighted by Crippen LogP contribution is -2.41. The van der Waals surface area contributed by atoms with Gasteiger partial charge in [0.2, 0.25) is 11.8 Å². The van der Waals surface area contributed by atoms with E-state index in [4.69, 9.17) is 0 Å². The molecule has 25 heavy (non-hydrogen) atoms. The minimum absolute atomic E-state index is 0.00201. The monoisotopic (exact) mass is 348 g/mol. The molecular weight excluding hydrogens is 323 g/mol. The van der Waals surface area contributed by atoms with Crippen LogP contribution >= 0.6 is 0 Å². The summed E-state index contributed by atoms with van der Waals surface area (Å²) in [6, 6.07) is 4.64. The molecule has 1 aromatic carbocycles. The van der Waals surface area contributed by atoms with Crippen LogP contribution in [0.1, 0.15) is 38.2 Å². The molecule has 0 spiro atoms. The molecule has 1 aromatic rings. The third-order valence-corrected chi connectivity index (χ3v) is 5.20. The number of aliphatic hydroxyl groups excluding tert-OH is 1. The average Bonchev–Trinajstić information content (AvgIpc) is 3.15. The maximum Gasteiger partial charge on any atom is 0.228 e. The van der Waals surface area contributed by atoms with E-state index in [2.05, 4.69) is 0 Å². The lowest BCUT2D eigenvalue weighted by molar-refractivity contribution is -0.137. The fourth-order valence-corrected chi connectivity index (χ4v) is 3.92. The van der Waals surface area contributed by atoms with Crippen molar-refractivity contribution < 1.29 is 19.1 Å². The summed E-state index contributed by atoms with van der Waals surface area (Å²) in [5.41, 5.74) is 1.12. The smallest absolute Gasteiger partial charge is 0.228 e. The first-order chi connectivity index (χ1) is 11.9. The number of hydrogen-bond donors (Lipinski definition) is 1. The minimum Gasteiger partial charge on any atom is -0.393 e. The van der Waals surface area contributed by atoms with E-state index in [9.17, 15) is 19.1 Å². The third-order valence-electron chi connectivity index (χ3n) is 5.20. The van der Waals surface area contributed by atoms with Gasteiger partial charge in [0.25, 0.3) is 0 Å². The third kappa shape index (κ3) is 3.68. The highest BCUT2D eigenvalue weighted by Gasteiger charge is 2.40. The van der Waals surface area contributed by atoms with Crippen molar-refractivity contribution in [1.82, 2.24) is 4.90 Å². The standard InChI is InChI=1S/C19H25FN2O3/c1-12-8-16(5-6-17(12)20)22-11-14(10-18(22)24)19(25)21-7-3-4-15(21)9-13(2)23/h5-6,8,13-15,23H,3-4,7,9-11H2,1-2H3. The van der Waals surface area contributed by atoms with Crippen LogP contribution in [0, 0.1) is 18.7 Å². The molecule has 3 unspecified atom stereocenters. The molecule has 0 saturated carbocycles. The number of aryl methyl sites for hydroxylation is 1. The lowest BCUT2D eigenvalue weighted by atomic mass is 10.0. The molecule has 2 heterocycles. The van der Waals surface area contributed by atoms with Gasteiger partial charge in [-0.1, -0.05) is 0 Å². The van der Waals surface area contributed by atoms with Crippen molar-refractivity contribution in [3.63, 3.8) is 0 Å². The van der Waals surface area contributed by atoms with Gasteiger partial charge in [-0.15, -0.1) is 0 Å². The minimum atomic E-state index is -0.442. The van der Waals surface area contributed by atoms with Gasteiger partial charge >= 0.3 is 0 Å². The number of amides is 2. The van der Waals surface area contributed by atoms with Gasteiger partial charge in [0.15, 0.2) is 0 Å². The summed E-state index contributed by atoms with van der Waals surface area (Å²) in [7, 11) is 0. The molecule has 0 aromatic heterocycles. The number of carbonyl (C=O) groups excluding carboxylic acids is 2. The Hall–Kier alpha value is -1.95. The second kappa shape index (κ2) is 7.12. The summed E-state index contributed by atoms with van der Waals surface area (Å²) in [5, 5.41) is 9.63. The zero-order valence-electron chi connectivity index (χ0n) is 14.7. The Morgan fingerprint density at radius 3 is 2.88 bits per heavy atom. The van der Waals surface area contributed by atoms with Gasteiger partial charge in [-0.25, -0.2) is 4.39 Å². The Morgan fingerprint density at radius 2 is 2.20 bits per heavy atom. The zero-order chi connectivity index (χ0) is 18.1. The predicted octanol–water partition coefficient (Wildman–Crippen LogP) is 2.25. The Balaban J connectivity index is 1.71. The van der Waals surface area contributed by atoms with E-state index < -0.39 is 6.10 Å². The normalized spacial score (nSPS) is 24.9. The molecule has 1 N–H and O–H groups in total. The summed E-state index contributed by atoms with van der Waals surface area (Å²) in [4.78, 5) is 28.7. The van der Waals surface area contributed by atoms with E-state index in [-0.39, 0.29) is 36.0 Å². The van der Waals surface area contributed by atoms with Crippen LogP contribution in [0.5, 0.6) is 0 Å². The largest absolute Gasteiger partial charge is 0.393 e. The van der Waals surface area contributed by atoms with Gasteiger partial charge in [0, 0.05) is 31.2 Å². The van der Waals surface area contributed by atoms with Gasteiger partial charge in [0.1, 0.15) is 5.82 Å². The summed E-state index contributed by atoms with van der Waals surface area (Å²) < 4.78 is 13.5. The van der Waals surface area contributed by atoms with Crippen molar-refractivity contribution >= 4 is 17.5 Å². The first kappa shape index (κ1) is 17.9. The van der Waals surface area contributed by atoms with E-state index in [0.717, 1.165) is 12.8 Å². The number of halogens is 1. The zero-order valence-corrected chi connectivity index (χ0v) is 14.7. The number of hydrogen-bond acceptors (Lipinski definition) is 3. The molecule has 2 saturated heterocycles. The number of likely N-dealkylation sites (tertiary alicyclic amines) is 1. The molecular formula is C19H25FN2O3. The van der Waals surface area contributed by atoms with E-state index in [1.807, 2.05) is 4.90 Å². The highest BCUT2D eigenvalue weighted by Crippen LogP contribution is 2.30. The van der Waals surface area contributed by atoms with Gasteiger partial charge < -0.3 is 14.9 Å². The van der Waals surface area contributed by atoms with Crippen LogP contribution < -0.4 is 4.90 Å². The second-order valence-corrected chi connectivity index (χ2v) is 7.25. The van der Waals surface area contributed by atoms with E-state index in [1.54, 1.807) is 30.9 Å². The number of anilines is 1. The van der Waals surface area contributed by atoms with Gasteiger partial charge in [-0.05, 0) is 56.9 Å². The van der Waals surface area contributed by atoms with Crippen molar-refractivity contribution in [2.75, 3.05) is 18.0 Å². The first-order valence-corrected chi connectivity index (χ1v) is 8.92. The molecule has 5 nitrogen and oxygen atoms in total. The molecule has 3 rings (SSSR count). The van der Waals surface area contributed by atoms with Crippen LogP contribution in [0.4, 0.5) is 10.1 Å². The van der Waals surface area contributed by atoms with Crippen molar-refractivity contribution in [3.8, 4) is 0 Å². The number of carbonyl (C=O) groups is 2. The van der Waals surface area contributed by atoms with E-state index in [0.29, 0.717) is 30.8 Å². The Kier molecular flexibility index (Phi) is 5.08. The van der Waals surface area contributed by atoms with Crippen LogP contribution in [-0.2, 0) is 9.59 Å². The van der Waals surface area contributed by atoms with Crippen molar-refractivity contribution in [1.29, 1.82) is 0 Å². The Morgan fingerprint density at radius 1 is 1.44 bits per heavy atom. The SMILES string of the molecule is Cc1cc(N2CC(C(=O)N3CCCC3CC(C)O)CC2=O)ccc1F. The first-order valence-electron chi connectivity index (χ1n) is 8.92. The molecule has 3 atom stereocenters. The second-order valence-electron chi connectivity index (χ2n) is 7.25. The molecule has 136 valence electrons. The molecule has 0 aliphatic carbocycles. The molecule has 2 aliphatic rings. The van der Waals surface area contributed by atoms with Crippen LogP contribution in [0.15, 0.2) is 18.2 Å². The van der Waals surface area contributed by atoms with Crippen molar-refractivity contribution in [2.24, 2.45) is 5.92 Å². The highest BCUT2D eigenvalue weighted by atomic mass is 19.1. The Labute approximate surface area is 147 Å². The van der Waals surface area contributed by atoms with Crippen LogP contribution in [0.3, 0.4) is 0 Å². The fraction of sp³-hybridized carbons (Fsp3) is 0.579. The number of nitrogens with zero attached hydrogens (tertiary/aromatic N) is 2. The van der Waals surface area contributed by atoms with Gasteiger partial charge in [-0.3, -0.25) is 9.59 Å². The topological polar surface area (TPSA) is 60.9 Å². The quantitative estimate of drug-likeness (QED) is 0.908. The predicted molar refractivity (Wildman–Crippen MR) is 92.6 cm³/mol. The summed E-state index contributed by atoms with van der Waals surface area (Å²) in [5.74, 6) is -0.776. The molecule has 2 fully saturated rings. The van der Waals surface area contributed by atoms with E-state index in [1.165, 1.54) is 6.07 Å². The molecule has 6 heteroatoms. The van der Waals surface area contributed by atoms with Crippen LogP contribution in [0.2, 0.25) is 0 Å².